The lowest BCUT2D eigenvalue weighted by Gasteiger charge is -2.20. The minimum atomic E-state index is 0.441. The highest BCUT2D eigenvalue weighted by Gasteiger charge is 2.13. The highest BCUT2D eigenvalue weighted by molar-refractivity contribution is 5.77. The maximum absolute atomic E-state index is 10.9. The molecule has 0 fully saturated rings. The van der Waals surface area contributed by atoms with Gasteiger partial charge in [0.25, 0.3) is 0 Å². The van der Waals surface area contributed by atoms with Crippen molar-refractivity contribution in [2.24, 2.45) is 0 Å². The lowest BCUT2D eigenvalue weighted by molar-refractivity contribution is 0.112. The molecule has 0 bridgehead atoms. The third-order valence-electron chi connectivity index (χ3n) is 3.09. The lowest BCUT2D eigenvalue weighted by atomic mass is 10.2. The zero-order valence-corrected chi connectivity index (χ0v) is 10.9. The van der Waals surface area contributed by atoms with E-state index in [4.69, 9.17) is 0 Å². The molecule has 0 saturated heterocycles. The van der Waals surface area contributed by atoms with E-state index < -0.39 is 0 Å². The molecule has 3 heteroatoms. The van der Waals surface area contributed by atoms with E-state index in [1.807, 2.05) is 13.0 Å². The molecule has 1 rings (SSSR count). The monoisotopic (exact) mass is 222 g/mol. The molecule has 0 N–H and O–H groups in total. The van der Waals surface area contributed by atoms with Gasteiger partial charge in [0.2, 0.25) is 0 Å². The largest absolute Gasteiger partial charge is 0.346 e. The molecule has 0 amide bonds. The number of carbonyl (C=O) groups excluding carboxylic acids is 1. The van der Waals surface area contributed by atoms with Crippen LogP contribution >= 0.6 is 0 Å². The zero-order chi connectivity index (χ0) is 12.3. The van der Waals surface area contributed by atoms with Crippen molar-refractivity contribution in [2.75, 3.05) is 20.6 Å². The molecule has 1 heterocycles. The average molecular weight is 222 g/mol. The molecule has 0 aromatic carbocycles. The van der Waals surface area contributed by atoms with E-state index in [2.05, 4.69) is 37.4 Å². The van der Waals surface area contributed by atoms with E-state index in [1.54, 1.807) is 0 Å². The van der Waals surface area contributed by atoms with Crippen LogP contribution in [0.3, 0.4) is 0 Å². The fourth-order valence-corrected chi connectivity index (χ4v) is 2.17. The average Bonchev–Trinajstić information content (AvgIpc) is 2.50. The summed E-state index contributed by atoms with van der Waals surface area (Å²) in [5.41, 5.74) is 3.07. The molecule has 16 heavy (non-hydrogen) atoms. The van der Waals surface area contributed by atoms with Crippen molar-refractivity contribution in [1.29, 1.82) is 0 Å². The molecule has 0 spiro atoms. The number of aromatic nitrogens is 1. The molecule has 0 saturated carbocycles. The van der Waals surface area contributed by atoms with Crippen molar-refractivity contribution in [1.82, 2.24) is 9.47 Å². The fraction of sp³-hybridized carbons (Fsp3) is 0.615. The summed E-state index contributed by atoms with van der Waals surface area (Å²) >= 11 is 0. The van der Waals surface area contributed by atoms with Gasteiger partial charge in [-0.15, -0.1) is 0 Å². The van der Waals surface area contributed by atoms with E-state index in [-0.39, 0.29) is 0 Å². The third-order valence-corrected chi connectivity index (χ3v) is 3.09. The Balaban J connectivity index is 2.86. The molecule has 0 aliphatic heterocycles. The molecule has 1 atom stereocenters. The summed E-state index contributed by atoms with van der Waals surface area (Å²) in [4.78, 5) is 13.0. The van der Waals surface area contributed by atoms with Gasteiger partial charge in [-0.2, -0.15) is 0 Å². The van der Waals surface area contributed by atoms with Gasteiger partial charge in [0, 0.05) is 23.0 Å². The number of hydrogen-bond acceptors (Lipinski definition) is 2. The van der Waals surface area contributed by atoms with Crippen LogP contribution in [0, 0.1) is 13.8 Å². The van der Waals surface area contributed by atoms with E-state index in [9.17, 15) is 4.79 Å². The van der Waals surface area contributed by atoms with E-state index in [1.165, 1.54) is 5.69 Å². The van der Waals surface area contributed by atoms with Gasteiger partial charge in [0.05, 0.1) is 0 Å². The van der Waals surface area contributed by atoms with Crippen LogP contribution in [0.5, 0.6) is 0 Å². The SMILES string of the molecule is Cc1cc(C=O)c(C)n1C(C)CCN(C)C. The Morgan fingerprint density at radius 1 is 1.44 bits per heavy atom. The Hall–Kier alpha value is -1.09. The topological polar surface area (TPSA) is 25.2 Å². The number of hydrogen-bond donors (Lipinski definition) is 0. The second-order valence-electron chi connectivity index (χ2n) is 4.76. The smallest absolute Gasteiger partial charge is 0.151 e. The molecule has 0 aliphatic carbocycles. The van der Waals surface area contributed by atoms with Crippen molar-refractivity contribution in [3.63, 3.8) is 0 Å². The Bertz CT molecular complexity index is 366. The number of carbonyl (C=O) groups is 1. The number of aryl methyl sites for hydroxylation is 1. The van der Waals surface area contributed by atoms with Crippen molar-refractivity contribution in [2.45, 2.75) is 33.2 Å². The Morgan fingerprint density at radius 3 is 2.50 bits per heavy atom. The molecule has 90 valence electrons. The molecular formula is C13H22N2O. The van der Waals surface area contributed by atoms with Crippen molar-refractivity contribution in [3.8, 4) is 0 Å². The Kier molecular flexibility index (Phi) is 4.30. The predicted octanol–water partition coefficient (Wildman–Crippen LogP) is 2.43. The van der Waals surface area contributed by atoms with Gasteiger partial charge >= 0.3 is 0 Å². The Labute approximate surface area is 98.1 Å². The molecule has 1 aromatic heterocycles. The van der Waals surface area contributed by atoms with Crippen molar-refractivity contribution in [3.05, 3.63) is 23.0 Å². The Morgan fingerprint density at radius 2 is 2.06 bits per heavy atom. The molecule has 0 radical (unpaired) electrons. The molecule has 3 nitrogen and oxygen atoms in total. The second-order valence-corrected chi connectivity index (χ2v) is 4.76. The normalized spacial score (nSPS) is 13.1. The summed E-state index contributed by atoms with van der Waals surface area (Å²) in [6, 6.07) is 2.41. The van der Waals surface area contributed by atoms with Crippen LogP contribution in [0.4, 0.5) is 0 Å². The summed E-state index contributed by atoms with van der Waals surface area (Å²) in [5.74, 6) is 0. The molecule has 1 unspecified atom stereocenters. The molecule has 1 aromatic rings. The lowest BCUT2D eigenvalue weighted by Crippen LogP contribution is -2.18. The first-order chi connectivity index (χ1) is 7.47. The third kappa shape index (κ3) is 2.73. The summed E-state index contributed by atoms with van der Waals surface area (Å²) < 4.78 is 2.26. The first-order valence-electron chi connectivity index (χ1n) is 5.75. The van der Waals surface area contributed by atoms with E-state index >= 15 is 0 Å². The number of nitrogens with zero attached hydrogens (tertiary/aromatic N) is 2. The maximum atomic E-state index is 10.9. The van der Waals surface area contributed by atoms with Crippen LogP contribution in [-0.2, 0) is 0 Å². The van der Waals surface area contributed by atoms with Crippen molar-refractivity contribution < 1.29 is 4.79 Å². The number of aldehydes is 1. The standard InChI is InChI=1S/C13H22N2O/c1-10(6-7-14(4)5)15-11(2)8-13(9-16)12(15)3/h8-10H,6-7H2,1-5H3. The van der Waals surface area contributed by atoms with Gasteiger partial charge < -0.3 is 9.47 Å². The molecular weight excluding hydrogens is 200 g/mol. The van der Waals surface area contributed by atoms with Gasteiger partial charge in [-0.25, -0.2) is 0 Å². The van der Waals surface area contributed by atoms with Gasteiger partial charge in [0.15, 0.2) is 6.29 Å². The summed E-state index contributed by atoms with van der Waals surface area (Å²) in [6.07, 6.45) is 2.04. The highest BCUT2D eigenvalue weighted by atomic mass is 16.1. The zero-order valence-electron chi connectivity index (χ0n) is 10.9. The maximum Gasteiger partial charge on any atom is 0.151 e. The van der Waals surface area contributed by atoms with Crippen LogP contribution in [0.15, 0.2) is 6.07 Å². The minimum Gasteiger partial charge on any atom is -0.346 e. The van der Waals surface area contributed by atoms with Gasteiger partial charge in [0.1, 0.15) is 0 Å². The van der Waals surface area contributed by atoms with Crippen LogP contribution < -0.4 is 0 Å². The van der Waals surface area contributed by atoms with Gasteiger partial charge in [-0.3, -0.25) is 4.79 Å². The van der Waals surface area contributed by atoms with Crippen molar-refractivity contribution >= 4 is 6.29 Å². The fourth-order valence-electron chi connectivity index (χ4n) is 2.17. The summed E-state index contributed by atoms with van der Waals surface area (Å²) in [7, 11) is 4.16. The molecule has 0 aliphatic rings. The predicted molar refractivity (Wildman–Crippen MR) is 67.2 cm³/mol. The minimum absolute atomic E-state index is 0.441. The van der Waals surface area contributed by atoms with Gasteiger partial charge in [-0.05, 0) is 53.9 Å². The second kappa shape index (κ2) is 5.30. The van der Waals surface area contributed by atoms with Crippen LogP contribution in [-0.4, -0.2) is 36.4 Å². The van der Waals surface area contributed by atoms with Crippen LogP contribution in [0.1, 0.15) is 41.1 Å². The summed E-state index contributed by atoms with van der Waals surface area (Å²) in [5, 5.41) is 0. The quantitative estimate of drug-likeness (QED) is 0.715. The van der Waals surface area contributed by atoms with Crippen LogP contribution in [0.2, 0.25) is 0 Å². The number of rotatable bonds is 5. The summed E-state index contributed by atoms with van der Waals surface area (Å²) in [6.45, 7) is 7.35. The van der Waals surface area contributed by atoms with E-state index in [0.717, 1.165) is 30.5 Å². The first kappa shape index (κ1) is 13.0. The van der Waals surface area contributed by atoms with E-state index in [0.29, 0.717) is 6.04 Å². The van der Waals surface area contributed by atoms with Crippen LogP contribution in [0.25, 0.3) is 0 Å². The van der Waals surface area contributed by atoms with Gasteiger partial charge in [-0.1, -0.05) is 0 Å². The first-order valence-corrected chi connectivity index (χ1v) is 5.75. The highest BCUT2D eigenvalue weighted by Crippen LogP contribution is 2.21.